The number of phenols is 1. The van der Waals surface area contributed by atoms with E-state index >= 15 is 0 Å². The van der Waals surface area contributed by atoms with E-state index in [0.29, 0.717) is 12.0 Å². The molecular weight excluding hydrogens is 192 g/mol. The number of para-hydroxylation sites is 1. The zero-order chi connectivity index (χ0) is 11.4. The maximum absolute atomic E-state index is 11.1. The first-order valence-electron chi connectivity index (χ1n) is 5.03. The van der Waals surface area contributed by atoms with E-state index in [0.717, 1.165) is 0 Å². The Labute approximate surface area is 89.4 Å². The smallest absolute Gasteiger partial charge is 0.311 e. The van der Waals surface area contributed by atoms with E-state index in [9.17, 15) is 9.90 Å². The minimum atomic E-state index is -0.884. The largest absolute Gasteiger partial charge is 0.508 e. The number of carbonyl (C=O) groups is 1. The Morgan fingerprint density at radius 1 is 1.33 bits per heavy atom. The molecule has 0 saturated carbocycles. The molecule has 3 heteroatoms. The van der Waals surface area contributed by atoms with Crippen LogP contribution in [0.25, 0.3) is 0 Å². The molecule has 3 nitrogen and oxygen atoms in total. The van der Waals surface area contributed by atoms with Crippen LogP contribution in [0.15, 0.2) is 24.3 Å². The van der Waals surface area contributed by atoms with Crippen molar-refractivity contribution in [3.8, 4) is 5.75 Å². The highest BCUT2D eigenvalue weighted by Crippen LogP contribution is 2.30. The van der Waals surface area contributed by atoms with Crippen molar-refractivity contribution in [3.05, 3.63) is 29.8 Å². The van der Waals surface area contributed by atoms with E-state index in [-0.39, 0.29) is 11.7 Å². The minimum absolute atomic E-state index is 0.0607. The van der Waals surface area contributed by atoms with Crippen LogP contribution >= 0.6 is 0 Å². The predicted octanol–water partition coefficient (Wildman–Crippen LogP) is 2.61. The second-order valence-corrected chi connectivity index (χ2v) is 4.08. The highest BCUT2D eigenvalue weighted by atomic mass is 16.4. The normalized spacial score (nSPS) is 12.7. The van der Waals surface area contributed by atoms with Crippen molar-refractivity contribution in [2.24, 2.45) is 5.92 Å². The van der Waals surface area contributed by atoms with Gasteiger partial charge >= 0.3 is 5.97 Å². The molecule has 2 N–H and O–H groups in total. The van der Waals surface area contributed by atoms with Crippen molar-refractivity contribution in [2.75, 3.05) is 0 Å². The van der Waals surface area contributed by atoms with Gasteiger partial charge in [0.2, 0.25) is 0 Å². The van der Waals surface area contributed by atoms with Gasteiger partial charge in [-0.25, -0.2) is 0 Å². The third-order valence-electron chi connectivity index (χ3n) is 2.32. The molecule has 0 spiro atoms. The van der Waals surface area contributed by atoms with Gasteiger partial charge in [-0.15, -0.1) is 0 Å². The fourth-order valence-electron chi connectivity index (χ4n) is 1.61. The molecule has 1 unspecified atom stereocenters. The number of hydrogen-bond donors (Lipinski definition) is 2. The Morgan fingerprint density at radius 2 is 1.93 bits per heavy atom. The summed E-state index contributed by atoms with van der Waals surface area (Å²) in [7, 11) is 0. The lowest BCUT2D eigenvalue weighted by atomic mass is 9.90. The first-order valence-corrected chi connectivity index (χ1v) is 5.03. The summed E-state index contributed by atoms with van der Waals surface area (Å²) in [4.78, 5) is 11.1. The van der Waals surface area contributed by atoms with Gasteiger partial charge in [-0.1, -0.05) is 32.0 Å². The molecule has 1 aromatic rings. The van der Waals surface area contributed by atoms with Crippen LogP contribution in [-0.2, 0) is 4.79 Å². The van der Waals surface area contributed by atoms with Crippen LogP contribution in [0.5, 0.6) is 5.75 Å². The number of rotatable bonds is 4. The number of benzene rings is 1. The van der Waals surface area contributed by atoms with Gasteiger partial charge in [-0.2, -0.15) is 0 Å². The fraction of sp³-hybridized carbons (Fsp3) is 0.417. The third-order valence-corrected chi connectivity index (χ3v) is 2.32. The molecule has 0 saturated heterocycles. The lowest BCUT2D eigenvalue weighted by Crippen LogP contribution is -2.14. The number of carboxylic acid groups (broad SMARTS) is 1. The van der Waals surface area contributed by atoms with Gasteiger partial charge in [0.05, 0.1) is 5.92 Å². The number of hydrogen-bond acceptors (Lipinski definition) is 2. The van der Waals surface area contributed by atoms with Crippen LogP contribution in [0.1, 0.15) is 31.7 Å². The summed E-state index contributed by atoms with van der Waals surface area (Å²) in [6.45, 7) is 3.94. The average Bonchev–Trinajstić information content (AvgIpc) is 2.15. The Bertz CT molecular complexity index is 344. The summed E-state index contributed by atoms with van der Waals surface area (Å²) in [5.74, 6) is -1.16. The van der Waals surface area contributed by atoms with E-state index in [1.54, 1.807) is 18.2 Å². The molecular formula is C12H16O3. The van der Waals surface area contributed by atoms with E-state index < -0.39 is 11.9 Å². The van der Waals surface area contributed by atoms with E-state index in [4.69, 9.17) is 5.11 Å². The predicted molar refractivity (Wildman–Crippen MR) is 57.9 cm³/mol. The monoisotopic (exact) mass is 208 g/mol. The Kier molecular flexibility index (Phi) is 3.72. The molecule has 0 aromatic heterocycles. The van der Waals surface area contributed by atoms with Gasteiger partial charge < -0.3 is 10.2 Å². The Morgan fingerprint density at radius 3 is 2.40 bits per heavy atom. The van der Waals surface area contributed by atoms with Crippen molar-refractivity contribution in [1.82, 2.24) is 0 Å². The van der Waals surface area contributed by atoms with Gasteiger partial charge in [-0.3, -0.25) is 4.79 Å². The number of aliphatic carboxylic acids is 1. The van der Waals surface area contributed by atoms with Crippen molar-refractivity contribution in [1.29, 1.82) is 0 Å². The van der Waals surface area contributed by atoms with Crippen LogP contribution in [-0.4, -0.2) is 16.2 Å². The van der Waals surface area contributed by atoms with Crippen LogP contribution in [0.4, 0.5) is 0 Å². The van der Waals surface area contributed by atoms with Crippen molar-refractivity contribution < 1.29 is 15.0 Å². The number of aromatic hydroxyl groups is 1. The molecule has 0 aliphatic rings. The lowest BCUT2D eigenvalue weighted by Gasteiger charge is -2.15. The Balaban J connectivity index is 2.99. The lowest BCUT2D eigenvalue weighted by molar-refractivity contribution is -0.139. The minimum Gasteiger partial charge on any atom is -0.508 e. The summed E-state index contributed by atoms with van der Waals surface area (Å²) in [6.07, 6.45) is 0.535. The molecule has 0 radical (unpaired) electrons. The molecule has 82 valence electrons. The molecule has 0 heterocycles. The molecule has 0 fully saturated rings. The summed E-state index contributed by atoms with van der Waals surface area (Å²) in [5, 5.41) is 18.7. The average molecular weight is 208 g/mol. The Hall–Kier alpha value is -1.51. The van der Waals surface area contributed by atoms with Crippen LogP contribution in [0.2, 0.25) is 0 Å². The van der Waals surface area contributed by atoms with Crippen LogP contribution in [0.3, 0.4) is 0 Å². The third kappa shape index (κ3) is 2.98. The highest BCUT2D eigenvalue weighted by molar-refractivity contribution is 5.77. The maximum Gasteiger partial charge on any atom is 0.311 e. The number of phenolic OH excluding ortho intramolecular Hbond substituents is 1. The molecule has 15 heavy (non-hydrogen) atoms. The standard InChI is InChI=1S/C12H16O3/c1-8(2)7-10(12(14)15)9-5-3-4-6-11(9)13/h3-6,8,10,13H,7H2,1-2H3,(H,14,15). The van der Waals surface area contributed by atoms with Crippen molar-refractivity contribution in [2.45, 2.75) is 26.2 Å². The summed E-state index contributed by atoms with van der Waals surface area (Å²) in [5.41, 5.74) is 0.499. The maximum atomic E-state index is 11.1. The SMILES string of the molecule is CC(C)CC(C(=O)O)c1ccccc1O. The zero-order valence-corrected chi connectivity index (χ0v) is 8.97. The fourth-order valence-corrected chi connectivity index (χ4v) is 1.61. The molecule has 1 aromatic carbocycles. The zero-order valence-electron chi connectivity index (χ0n) is 8.97. The summed E-state index contributed by atoms with van der Waals surface area (Å²) >= 11 is 0. The summed E-state index contributed by atoms with van der Waals surface area (Å²) < 4.78 is 0. The van der Waals surface area contributed by atoms with E-state index in [1.165, 1.54) is 6.07 Å². The quantitative estimate of drug-likeness (QED) is 0.799. The van der Waals surface area contributed by atoms with Gasteiger partial charge in [0.1, 0.15) is 5.75 Å². The molecule has 0 aliphatic heterocycles. The summed E-state index contributed by atoms with van der Waals surface area (Å²) in [6, 6.07) is 6.61. The van der Waals surface area contributed by atoms with E-state index in [2.05, 4.69) is 0 Å². The second kappa shape index (κ2) is 4.82. The first-order chi connectivity index (χ1) is 7.02. The second-order valence-electron chi connectivity index (χ2n) is 4.08. The van der Waals surface area contributed by atoms with Gasteiger partial charge in [0, 0.05) is 5.56 Å². The van der Waals surface area contributed by atoms with Crippen LogP contribution < -0.4 is 0 Å². The van der Waals surface area contributed by atoms with Crippen molar-refractivity contribution in [3.63, 3.8) is 0 Å². The van der Waals surface area contributed by atoms with Gasteiger partial charge in [0.15, 0.2) is 0 Å². The van der Waals surface area contributed by atoms with Gasteiger partial charge in [-0.05, 0) is 18.4 Å². The van der Waals surface area contributed by atoms with Crippen LogP contribution in [0, 0.1) is 5.92 Å². The molecule has 0 amide bonds. The topological polar surface area (TPSA) is 57.5 Å². The number of carboxylic acids is 1. The first kappa shape index (κ1) is 11.6. The molecule has 1 atom stereocenters. The molecule has 0 aliphatic carbocycles. The van der Waals surface area contributed by atoms with E-state index in [1.807, 2.05) is 13.8 Å². The highest BCUT2D eigenvalue weighted by Gasteiger charge is 2.23. The molecule has 1 rings (SSSR count). The van der Waals surface area contributed by atoms with Crippen molar-refractivity contribution >= 4 is 5.97 Å². The molecule has 0 bridgehead atoms. The van der Waals surface area contributed by atoms with Gasteiger partial charge in [0.25, 0.3) is 0 Å².